The van der Waals surface area contributed by atoms with Gasteiger partial charge in [-0.25, -0.2) is 0 Å². The maximum atomic E-state index is 2.29. The molecule has 2 aromatic rings. The maximum Gasteiger partial charge on any atom is 0.0588 e. The Balaban J connectivity index is 2.53. The predicted molar refractivity (Wildman–Crippen MR) is 74.3 cm³/mol. The Hall–Kier alpha value is -1.03. The normalized spacial score (nSPS) is 10.0. The molecule has 2 rings (SSSR count). The van der Waals surface area contributed by atoms with Gasteiger partial charge in [-0.1, -0.05) is 48.5 Å². The van der Waals surface area contributed by atoms with E-state index < -0.39 is 0 Å². The molecule has 0 radical (unpaired) electrons. The molecule has 0 unspecified atom stereocenters. The number of halogens is 1. The number of benzene rings is 2. The molecule has 76 valence electrons. The van der Waals surface area contributed by atoms with E-state index in [0.717, 1.165) is 0 Å². The lowest BCUT2D eigenvalue weighted by molar-refractivity contribution is 1.41. The van der Waals surface area contributed by atoms with Crippen LogP contribution in [0.1, 0.15) is 0 Å². The highest BCUT2D eigenvalue weighted by Gasteiger charge is 2.05. The standard InChI is InChI=1S/C13H12IN/c1-15(14)13-10-6-5-9-12(13)11-7-3-2-4-8-11/h2-10H,1H3. The Morgan fingerprint density at radius 1 is 0.867 bits per heavy atom. The van der Waals surface area contributed by atoms with Gasteiger partial charge in [0.15, 0.2) is 0 Å². The molecule has 2 heteroatoms. The van der Waals surface area contributed by atoms with Gasteiger partial charge in [-0.2, -0.15) is 0 Å². The van der Waals surface area contributed by atoms with E-state index in [2.05, 4.69) is 81.6 Å². The van der Waals surface area contributed by atoms with Crippen molar-refractivity contribution in [2.24, 2.45) is 0 Å². The molecule has 2 aromatic carbocycles. The molecule has 0 fully saturated rings. The predicted octanol–water partition coefficient (Wildman–Crippen LogP) is 4.14. The monoisotopic (exact) mass is 309 g/mol. The van der Waals surface area contributed by atoms with E-state index in [0.29, 0.717) is 0 Å². The van der Waals surface area contributed by atoms with Gasteiger partial charge in [0.2, 0.25) is 0 Å². The fraction of sp³-hybridized carbons (Fsp3) is 0.0769. The third kappa shape index (κ3) is 2.31. The number of nitrogens with zero attached hydrogens (tertiary/aromatic N) is 1. The summed E-state index contributed by atoms with van der Waals surface area (Å²) in [4.78, 5) is 0. The van der Waals surface area contributed by atoms with Gasteiger partial charge in [0.05, 0.1) is 28.6 Å². The van der Waals surface area contributed by atoms with Crippen molar-refractivity contribution in [2.75, 3.05) is 10.2 Å². The second-order valence-electron chi connectivity index (χ2n) is 3.36. The summed E-state index contributed by atoms with van der Waals surface area (Å²) in [6.07, 6.45) is 0. The lowest BCUT2D eigenvalue weighted by Crippen LogP contribution is -2.00. The smallest absolute Gasteiger partial charge is 0.0588 e. The first-order valence-corrected chi connectivity index (χ1v) is 5.79. The molecular weight excluding hydrogens is 297 g/mol. The lowest BCUT2D eigenvalue weighted by Gasteiger charge is -2.15. The average molecular weight is 309 g/mol. The van der Waals surface area contributed by atoms with E-state index in [9.17, 15) is 0 Å². The van der Waals surface area contributed by atoms with Crippen molar-refractivity contribution in [1.29, 1.82) is 0 Å². The van der Waals surface area contributed by atoms with Crippen LogP contribution in [0.5, 0.6) is 0 Å². The van der Waals surface area contributed by atoms with Crippen LogP contribution in [0.25, 0.3) is 11.1 Å². The van der Waals surface area contributed by atoms with E-state index in [4.69, 9.17) is 0 Å². The van der Waals surface area contributed by atoms with E-state index >= 15 is 0 Å². The molecule has 0 aromatic heterocycles. The summed E-state index contributed by atoms with van der Waals surface area (Å²) in [5.74, 6) is 0. The van der Waals surface area contributed by atoms with Crippen LogP contribution >= 0.6 is 22.9 Å². The molecule has 0 saturated heterocycles. The largest absolute Gasteiger partial charge is 0.317 e. The summed E-state index contributed by atoms with van der Waals surface area (Å²) < 4.78 is 2.11. The van der Waals surface area contributed by atoms with Crippen molar-refractivity contribution in [3.05, 3.63) is 54.6 Å². The Morgan fingerprint density at radius 2 is 1.47 bits per heavy atom. The van der Waals surface area contributed by atoms with E-state index in [1.807, 2.05) is 6.07 Å². The minimum absolute atomic E-state index is 1.24. The topological polar surface area (TPSA) is 3.24 Å². The number of para-hydroxylation sites is 1. The van der Waals surface area contributed by atoms with Crippen molar-refractivity contribution >= 4 is 28.6 Å². The maximum absolute atomic E-state index is 2.29. The van der Waals surface area contributed by atoms with Crippen LogP contribution in [-0.4, -0.2) is 7.05 Å². The third-order valence-electron chi connectivity index (χ3n) is 2.32. The first-order chi connectivity index (χ1) is 7.29. The molecule has 0 aliphatic carbocycles. The molecule has 0 amide bonds. The zero-order valence-electron chi connectivity index (χ0n) is 8.52. The zero-order valence-corrected chi connectivity index (χ0v) is 10.7. The van der Waals surface area contributed by atoms with Crippen molar-refractivity contribution < 1.29 is 0 Å². The molecule has 0 spiro atoms. The van der Waals surface area contributed by atoms with Crippen LogP contribution in [0.4, 0.5) is 5.69 Å². The van der Waals surface area contributed by atoms with Gasteiger partial charge in [-0.3, -0.25) is 0 Å². The van der Waals surface area contributed by atoms with Crippen LogP contribution in [0.3, 0.4) is 0 Å². The number of rotatable bonds is 2. The van der Waals surface area contributed by atoms with Crippen molar-refractivity contribution in [3.8, 4) is 11.1 Å². The molecule has 0 N–H and O–H groups in total. The molecular formula is C13H12IN. The molecule has 0 atom stereocenters. The summed E-state index contributed by atoms with van der Waals surface area (Å²) in [6.45, 7) is 0. The van der Waals surface area contributed by atoms with Crippen molar-refractivity contribution in [1.82, 2.24) is 0 Å². The first-order valence-electron chi connectivity index (χ1n) is 4.83. The van der Waals surface area contributed by atoms with Gasteiger partial charge in [0, 0.05) is 12.6 Å². The van der Waals surface area contributed by atoms with Gasteiger partial charge in [0.1, 0.15) is 0 Å². The highest BCUT2D eigenvalue weighted by atomic mass is 127. The molecule has 0 aliphatic heterocycles. The average Bonchev–Trinajstić information content (AvgIpc) is 2.30. The minimum atomic E-state index is 1.24. The van der Waals surface area contributed by atoms with Crippen LogP contribution < -0.4 is 3.11 Å². The van der Waals surface area contributed by atoms with Gasteiger partial charge in [0.25, 0.3) is 0 Å². The van der Waals surface area contributed by atoms with Gasteiger partial charge >= 0.3 is 0 Å². The third-order valence-corrected chi connectivity index (χ3v) is 2.84. The van der Waals surface area contributed by atoms with E-state index in [-0.39, 0.29) is 0 Å². The summed E-state index contributed by atoms with van der Waals surface area (Å²) in [5.41, 5.74) is 3.77. The second kappa shape index (κ2) is 4.66. The minimum Gasteiger partial charge on any atom is -0.317 e. The summed E-state index contributed by atoms with van der Waals surface area (Å²) in [7, 11) is 2.06. The van der Waals surface area contributed by atoms with Crippen LogP contribution in [0.2, 0.25) is 0 Å². The molecule has 15 heavy (non-hydrogen) atoms. The Morgan fingerprint density at radius 3 is 2.13 bits per heavy atom. The summed E-state index contributed by atoms with van der Waals surface area (Å²) >= 11 is 2.29. The number of anilines is 1. The summed E-state index contributed by atoms with van der Waals surface area (Å²) in [5, 5.41) is 0. The molecule has 0 heterocycles. The highest BCUT2D eigenvalue weighted by molar-refractivity contribution is 14.1. The SMILES string of the molecule is CN(I)c1ccccc1-c1ccccc1. The number of hydrogen-bond donors (Lipinski definition) is 0. The van der Waals surface area contributed by atoms with Gasteiger partial charge in [-0.05, 0) is 11.6 Å². The summed E-state index contributed by atoms with van der Waals surface area (Å²) in [6, 6.07) is 18.9. The number of hydrogen-bond acceptors (Lipinski definition) is 1. The van der Waals surface area contributed by atoms with Crippen molar-refractivity contribution in [3.63, 3.8) is 0 Å². The Kier molecular flexibility index (Phi) is 3.26. The fourth-order valence-electron chi connectivity index (χ4n) is 1.60. The van der Waals surface area contributed by atoms with Crippen LogP contribution in [0.15, 0.2) is 54.6 Å². The van der Waals surface area contributed by atoms with Crippen molar-refractivity contribution in [2.45, 2.75) is 0 Å². The molecule has 0 aliphatic rings. The van der Waals surface area contributed by atoms with E-state index in [1.165, 1.54) is 16.8 Å². The lowest BCUT2D eigenvalue weighted by atomic mass is 10.0. The Bertz CT molecular complexity index is 437. The quantitative estimate of drug-likeness (QED) is 0.595. The molecule has 0 saturated carbocycles. The van der Waals surface area contributed by atoms with Crippen LogP contribution in [-0.2, 0) is 0 Å². The van der Waals surface area contributed by atoms with Gasteiger partial charge < -0.3 is 3.11 Å². The van der Waals surface area contributed by atoms with Crippen LogP contribution in [0, 0.1) is 0 Å². The Labute approximate surface area is 104 Å². The van der Waals surface area contributed by atoms with E-state index in [1.54, 1.807) is 0 Å². The second-order valence-corrected chi connectivity index (χ2v) is 4.81. The zero-order chi connectivity index (χ0) is 10.7. The van der Waals surface area contributed by atoms with Gasteiger partial charge in [-0.15, -0.1) is 0 Å². The fourth-order valence-corrected chi connectivity index (χ4v) is 2.02. The molecule has 1 nitrogen and oxygen atoms in total. The highest BCUT2D eigenvalue weighted by Crippen LogP contribution is 2.31. The molecule has 0 bridgehead atoms. The first kappa shape index (κ1) is 10.5.